The van der Waals surface area contributed by atoms with Crippen molar-refractivity contribution >= 4 is 28.4 Å². The Hall–Kier alpha value is -3.34. The number of alkyl halides is 3. The first-order valence-corrected chi connectivity index (χ1v) is 11.6. The maximum absolute atomic E-state index is 13.4. The van der Waals surface area contributed by atoms with Gasteiger partial charge in [0.05, 0.1) is 12.1 Å². The van der Waals surface area contributed by atoms with Crippen LogP contribution in [0.25, 0.3) is 10.9 Å². The van der Waals surface area contributed by atoms with Gasteiger partial charge in [-0.1, -0.05) is 12.2 Å². The number of hydrogen-bond donors (Lipinski definition) is 1. The molecule has 2 amide bonds. The summed E-state index contributed by atoms with van der Waals surface area (Å²) in [6.07, 6.45) is 1.35. The highest BCUT2D eigenvalue weighted by Crippen LogP contribution is 2.34. The van der Waals surface area contributed by atoms with Crippen molar-refractivity contribution < 1.29 is 22.8 Å². The lowest BCUT2D eigenvalue weighted by molar-refractivity contribution is -0.134. The van der Waals surface area contributed by atoms with Crippen LogP contribution in [0.3, 0.4) is 0 Å². The molecule has 188 valence electrons. The molecule has 0 atom stereocenters. The Kier molecular flexibility index (Phi) is 7.15. The van der Waals surface area contributed by atoms with Crippen molar-refractivity contribution in [2.24, 2.45) is 0 Å². The van der Waals surface area contributed by atoms with E-state index in [1.165, 1.54) is 15.7 Å². The lowest BCUT2D eigenvalue weighted by Crippen LogP contribution is -2.52. The molecule has 0 saturated carbocycles. The number of nitrogens with one attached hydrogen (secondary N) is 1. The van der Waals surface area contributed by atoms with E-state index in [2.05, 4.69) is 10.4 Å². The van der Waals surface area contributed by atoms with E-state index < -0.39 is 11.9 Å². The topological polar surface area (TPSA) is 73.7 Å². The molecule has 2 aromatic rings. The maximum atomic E-state index is 13.4. The van der Waals surface area contributed by atoms with Gasteiger partial charge in [-0.15, -0.1) is 0 Å². The van der Waals surface area contributed by atoms with E-state index in [9.17, 15) is 22.8 Å². The second kappa shape index (κ2) is 10.1. The first-order valence-electron chi connectivity index (χ1n) is 11.6. The number of carbonyl (C=O) groups is 2. The molecule has 2 aliphatic heterocycles. The molecule has 4 rings (SSSR count). The summed E-state index contributed by atoms with van der Waals surface area (Å²) < 4.78 is 41.8. The fourth-order valence-corrected chi connectivity index (χ4v) is 4.28. The molecule has 0 spiro atoms. The Labute approximate surface area is 201 Å². The van der Waals surface area contributed by atoms with Crippen LogP contribution < -0.4 is 10.2 Å². The van der Waals surface area contributed by atoms with Crippen LogP contribution in [-0.2, 0) is 16.1 Å². The molecular weight excluding hydrogens is 461 g/mol. The highest BCUT2D eigenvalue weighted by atomic mass is 19.4. The van der Waals surface area contributed by atoms with Crippen LogP contribution in [0.4, 0.5) is 18.9 Å². The predicted molar refractivity (Wildman–Crippen MR) is 127 cm³/mol. The zero-order chi connectivity index (χ0) is 25.2. The van der Waals surface area contributed by atoms with E-state index in [0.29, 0.717) is 49.3 Å². The van der Waals surface area contributed by atoms with Gasteiger partial charge in [-0.3, -0.25) is 19.2 Å². The van der Waals surface area contributed by atoms with Crippen LogP contribution in [0.15, 0.2) is 48.3 Å². The summed E-state index contributed by atoms with van der Waals surface area (Å²) >= 11 is 0. The summed E-state index contributed by atoms with van der Waals surface area (Å²) in [5.74, 6) is -0.117. The zero-order valence-electron chi connectivity index (χ0n) is 19.8. The minimum absolute atomic E-state index is 0.0270. The summed E-state index contributed by atoms with van der Waals surface area (Å²) in [6.45, 7) is 6.56. The quantitative estimate of drug-likeness (QED) is 0.674. The number of hydrogen-bond acceptors (Lipinski definition) is 5. The number of fused-ring (bicyclic) bond motifs is 1. The molecule has 8 nitrogen and oxygen atoms in total. The summed E-state index contributed by atoms with van der Waals surface area (Å²) in [7, 11) is 0. The average molecular weight is 491 g/mol. The Morgan fingerprint density at radius 2 is 1.86 bits per heavy atom. The van der Waals surface area contributed by atoms with Gasteiger partial charge in [0.2, 0.25) is 11.8 Å². The molecule has 1 N–H and O–H groups in total. The summed E-state index contributed by atoms with van der Waals surface area (Å²) in [5, 5.41) is 7.95. The third kappa shape index (κ3) is 6.02. The number of nitrogens with zero attached hydrogens (tertiary/aromatic N) is 5. The average Bonchev–Trinajstić information content (AvgIpc) is 3.19. The number of benzene rings is 1. The standard InChI is InChI=1S/C24H29F3N6O2/c1-17(2)28-22(34)15-30-9-11-31(12-10-30)23(35)16-32-14-18-13-19(6-7-20(18)29-32)33-8-4-3-5-21(33)24(25,26)27/h3-7,13-14,17H,8-12,15-16H2,1-2H3,(H,28,34). The van der Waals surface area contributed by atoms with Crippen molar-refractivity contribution in [3.8, 4) is 0 Å². The highest BCUT2D eigenvalue weighted by Gasteiger charge is 2.38. The minimum Gasteiger partial charge on any atom is -0.353 e. The molecule has 1 aromatic heterocycles. The predicted octanol–water partition coefficient (Wildman–Crippen LogP) is 2.53. The number of rotatable bonds is 6. The summed E-state index contributed by atoms with van der Waals surface area (Å²) in [5.41, 5.74) is 0.296. The Morgan fingerprint density at radius 1 is 1.11 bits per heavy atom. The minimum atomic E-state index is -4.46. The van der Waals surface area contributed by atoms with Gasteiger partial charge >= 0.3 is 6.18 Å². The molecule has 1 saturated heterocycles. The summed E-state index contributed by atoms with van der Waals surface area (Å²) in [6, 6.07) is 5.02. The van der Waals surface area contributed by atoms with E-state index in [4.69, 9.17) is 0 Å². The van der Waals surface area contributed by atoms with E-state index >= 15 is 0 Å². The fourth-order valence-electron chi connectivity index (χ4n) is 4.28. The maximum Gasteiger partial charge on any atom is 0.431 e. The number of piperazine rings is 1. The van der Waals surface area contributed by atoms with Crippen molar-refractivity contribution in [1.29, 1.82) is 0 Å². The Morgan fingerprint density at radius 3 is 2.54 bits per heavy atom. The smallest absolute Gasteiger partial charge is 0.353 e. The molecular formula is C24H29F3N6O2. The van der Waals surface area contributed by atoms with Gasteiger partial charge in [-0.05, 0) is 38.1 Å². The molecule has 35 heavy (non-hydrogen) atoms. The molecule has 11 heteroatoms. The van der Waals surface area contributed by atoms with E-state index in [1.807, 2.05) is 18.7 Å². The molecule has 0 unspecified atom stereocenters. The molecule has 0 bridgehead atoms. The van der Waals surface area contributed by atoms with Crippen molar-refractivity contribution in [1.82, 2.24) is 24.9 Å². The first kappa shape index (κ1) is 24.8. The van der Waals surface area contributed by atoms with Crippen LogP contribution in [0.1, 0.15) is 13.8 Å². The SMILES string of the molecule is CC(C)NC(=O)CN1CCN(C(=O)Cn2cc3cc(N4CC=CC=C4C(F)(F)F)ccc3n2)CC1. The van der Waals surface area contributed by atoms with E-state index in [-0.39, 0.29) is 30.9 Å². The number of carbonyl (C=O) groups excluding carboxylic acids is 2. The normalized spacial score (nSPS) is 17.3. The van der Waals surface area contributed by atoms with Crippen molar-refractivity contribution in [3.63, 3.8) is 0 Å². The third-order valence-corrected chi connectivity index (χ3v) is 5.95. The van der Waals surface area contributed by atoms with Crippen molar-refractivity contribution in [2.75, 3.05) is 44.2 Å². The van der Waals surface area contributed by atoms with E-state index in [1.54, 1.807) is 35.4 Å². The second-order valence-electron chi connectivity index (χ2n) is 9.04. The monoisotopic (exact) mass is 490 g/mol. The first-order chi connectivity index (χ1) is 16.6. The molecule has 3 heterocycles. The molecule has 2 aliphatic rings. The number of anilines is 1. The largest absolute Gasteiger partial charge is 0.431 e. The number of halogens is 3. The van der Waals surface area contributed by atoms with Crippen LogP contribution in [0.5, 0.6) is 0 Å². The van der Waals surface area contributed by atoms with Gasteiger partial charge in [-0.25, -0.2) is 0 Å². The van der Waals surface area contributed by atoms with E-state index in [0.717, 1.165) is 6.08 Å². The highest BCUT2D eigenvalue weighted by molar-refractivity contribution is 5.84. The van der Waals surface area contributed by atoms with Crippen molar-refractivity contribution in [3.05, 3.63) is 48.3 Å². The van der Waals surface area contributed by atoms with Crippen LogP contribution in [0.2, 0.25) is 0 Å². The lowest BCUT2D eigenvalue weighted by Gasteiger charge is -2.34. The number of allylic oxidation sites excluding steroid dienone is 3. The number of aromatic nitrogens is 2. The molecule has 1 aromatic carbocycles. The lowest BCUT2D eigenvalue weighted by atomic mass is 10.1. The van der Waals surface area contributed by atoms with Gasteiger partial charge in [0.25, 0.3) is 0 Å². The Balaban J connectivity index is 1.37. The number of amides is 2. The zero-order valence-corrected chi connectivity index (χ0v) is 19.8. The molecule has 0 radical (unpaired) electrons. The Bertz CT molecular complexity index is 1150. The molecule has 0 aliphatic carbocycles. The van der Waals surface area contributed by atoms with Gasteiger partial charge in [0.15, 0.2) is 0 Å². The second-order valence-corrected chi connectivity index (χ2v) is 9.04. The van der Waals surface area contributed by atoms with Gasteiger partial charge in [0.1, 0.15) is 12.2 Å². The molecule has 1 fully saturated rings. The van der Waals surface area contributed by atoms with Crippen LogP contribution in [-0.4, -0.2) is 82.9 Å². The van der Waals surface area contributed by atoms with Gasteiger partial charge in [-0.2, -0.15) is 18.3 Å². The van der Waals surface area contributed by atoms with Crippen molar-refractivity contribution in [2.45, 2.75) is 32.6 Å². The van der Waals surface area contributed by atoms with Gasteiger partial charge < -0.3 is 15.1 Å². The summed E-state index contributed by atoms with van der Waals surface area (Å²) in [4.78, 5) is 29.7. The van der Waals surface area contributed by atoms with Crippen LogP contribution >= 0.6 is 0 Å². The van der Waals surface area contributed by atoms with Gasteiger partial charge in [0, 0.05) is 56.0 Å². The third-order valence-electron chi connectivity index (χ3n) is 5.95. The fraction of sp³-hybridized carbons (Fsp3) is 0.458. The van der Waals surface area contributed by atoms with Crippen LogP contribution in [0, 0.1) is 0 Å².